The van der Waals surface area contributed by atoms with E-state index in [4.69, 9.17) is 10.5 Å². The van der Waals surface area contributed by atoms with Gasteiger partial charge in [0.1, 0.15) is 0 Å². The zero-order chi connectivity index (χ0) is 9.78. The van der Waals surface area contributed by atoms with Gasteiger partial charge in [-0.3, -0.25) is 4.79 Å². The van der Waals surface area contributed by atoms with Crippen molar-refractivity contribution in [3.05, 3.63) is 0 Å². The summed E-state index contributed by atoms with van der Waals surface area (Å²) in [4.78, 5) is 11.1. The molecule has 0 radical (unpaired) electrons. The van der Waals surface area contributed by atoms with Gasteiger partial charge in [0, 0.05) is 7.11 Å². The highest BCUT2D eigenvalue weighted by Crippen LogP contribution is 2.01. The Balaban J connectivity index is 3.96. The van der Waals surface area contributed by atoms with Crippen molar-refractivity contribution in [1.29, 1.82) is 0 Å². The van der Waals surface area contributed by atoms with Gasteiger partial charge < -0.3 is 15.8 Å². The average molecular weight is 174 g/mol. The van der Waals surface area contributed by atoms with Crippen LogP contribution in [0.4, 0.5) is 0 Å². The van der Waals surface area contributed by atoms with Crippen molar-refractivity contribution in [1.82, 2.24) is 5.32 Å². The molecule has 0 aromatic carbocycles. The van der Waals surface area contributed by atoms with E-state index in [2.05, 4.69) is 5.32 Å². The summed E-state index contributed by atoms with van der Waals surface area (Å²) < 4.78 is 4.93. The quantitative estimate of drug-likeness (QED) is 0.624. The molecule has 4 nitrogen and oxygen atoms in total. The van der Waals surface area contributed by atoms with Crippen LogP contribution in [-0.4, -0.2) is 31.2 Å². The summed E-state index contributed by atoms with van der Waals surface area (Å²) >= 11 is 0. The second-order valence-corrected chi connectivity index (χ2v) is 3.59. The molecule has 0 aromatic heterocycles. The number of rotatable bonds is 4. The summed E-state index contributed by atoms with van der Waals surface area (Å²) in [6.45, 7) is 5.90. The predicted molar refractivity (Wildman–Crippen MR) is 47.7 cm³/mol. The molecule has 0 aliphatic heterocycles. The molecule has 0 heterocycles. The van der Waals surface area contributed by atoms with E-state index in [1.807, 2.05) is 13.8 Å². The number of nitrogens with two attached hydrogens (primary N) is 1. The van der Waals surface area contributed by atoms with Crippen molar-refractivity contribution in [2.45, 2.75) is 32.4 Å². The highest BCUT2D eigenvalue weighted by molar-refractivity contribution is 5.81. The summed E-state index contributed by atoms with van der Waals surface area (Å²) in [5.41, 5.74) is 5.04. The van der Waals surface area contributed by atoms with Gasteiger partial charge in [-0.05, 0) is 20.8 Å². The van der Waals surface area contributed by atoms with Gasteiger partial charge >= 0.3 is 0 Å². The third-order valence-electron chi connectivity index (χ3n) is 1.38. The van der Waals surface area contributed by atoms with E-state index in [9.17, 15) is 4.79 Å². The van der Waals surface area contributed by atoms with Crippen molar-refractivity contribution in [2.75, 3.05) is 13.7 Å². The number of amides is 1. The number of carbonyl (C=O) groups is 1. The van der Waals surface area contributed by atoms with E-state index in [0.29, 0.717) is 6.61 Å². The van der Waals surface area contributed by atoms with E-state index in [1.54, 1.807) is 14.0 Å². The van der Waals surface area contributed by atoms with E-state index in [1.165, 1.54) is 0 Å². The van der Waals surface area contributed by atoms with Crippen LogP contribution in [0.2, 0.25) is 0 Å². The first kappa shape index (κ1) is 11.4. The fourth-order valence-corrected chi connectivity index (χ4v) is 0.844. The first-order valence-electron chi connectivity index (χ1n) is 3.95. The van der Waals surface area contributed by atoms with Gasteiger partial charge in [0.05, 0.1) is 18.2 Å². The SMILES string of the molecule is COCC(C)(C)NC(=O)[C@@H](C)N. The van der Waals surface area contributed by atoms with Crippen LogP contribution in [0.1, 0.15) is 20.8 Å². The summed E-state index contributed by atoms with van der Waals surface area (Å²) in [7, 11) is 1.60. The molecular formula is C8H18N2O2. The van der Waals surface area contributed by atoms with Crippen molar-refractivity contribution in [3.63, 3.8) is 0 Å². The van der Waals surface area contributed by atoms with Gasteiger partial charge in [0.25, 0.3) is 0 Å². The third kappa shape index (κ3) is 4.31. The monoisotopic (exact) mass is 174 g/mol. The number of carbonyl (C=O) groups excluding carboxylic acids is 1. The summed E-state index contributed by atoms with van der Waals surface area (Å²) in [6.07, 6.45) is 0. The third-order valence-corrected chi connectivity index (χ3v) is 1.38. The first-order chi connectivity index (χ1) is 5.39. The van der Waals surface area contributed by atoms with Crippen molar-refractivity contribution in [3.8, 4) is 0 Å². The van der Waals surface area contributed by atoms with Crippen molar-refractivity contribution in [2.24, 2.45) is 5.73 Å². The number of hydrogen-bond donors (Lipinski definition) is 2. The highest BCUT2D eigenvalue weighted by Gasteiger charge is 2.21. The molecular weight excluding hydrogens is 156 g/mol. The molecule has 0 fully saturated rings. The minimum atomic E-state index is -0.471. The van der Waals surface area contributed by atoms with Gasteiger partial charge in [-0.15, -0.1) is 0 Å². The van der Waals surface area contributed by atoms with Crippen LogP contribution in [0.3, 0.4) is 0 Å². The van der Waals surface area contributed by atoms with Crippen LogP contribution in [-0.2, 0) is 9.53 Å². The Morgan fingerprint density at radius 3 is 2.50 bits per heavy atom. The molecule has 0 rings (SSSR count). The average Bonchev–Trinajstić information content (AvgIpc) is 1.85. The van der Waals surface area contributed by atoms with Gasteiger partial charge in [-0.1, -0.05) is 0 Å². The number of nitrogens with one attached hydrogen (secondary N) is 1. The minimum Gasteiger partial charge on any atom is -0.382 e. The Labute approximate surface area is 73.5 Å². The topological polar surface area (TPSA) is 64.3 Å². The van der Waals surface area contributed by atoms with E-state index >= 15 is 0 Å². The predicted octanol–water partition coefficient (Wildman–Crippen LogP) is -0.125. The largest absolute Gasteiger partial charge is 0.382 e. The van der Waals surface area contributed by atoms with Crippen LogP contribution in [0, 0.1) is 0 Å². The van der Waals surface area contributed by atoms with E-state index in [-0.39, 0.29) is 11.4 Å². The van der Waals surface area contributed by atoms with Crippen LogP contribution in [0.25, 0.3) is 0 Å². The molecule has 0 aromatic rings. The van der Waals surface area contributed by atoms with Crippen molar-refractivity contribution >= 4 is 5.91 Å². The molecule has 12 heavy (non-hydrogen) atoms. The Hall–Kier alpha value is -0.610. The van der Waals surface area contributed by atoms with Gasteiger partial charge in [-0.2, -0.15) is 0 Å². The smallest absolute Gasteiger partial charge is 0.237 e. The first-order valence-corrected chi connectivity index (χ1v) is 3.95. The Morgan fingerprint density at radius 2 is 2.17 bits per heavy atom. The van der Waals surface area contributed by atoms with Crippen LogP contribution in [0.5, 0.6) is 0 Å². The Bertz CT molecular complexity index is 155. The molecule has 0 saturated heterocycles. The lowest BCUT2D eigenvalue weighted by Crippen LogP contribution is -2.51. The molecule has 1 amide bonds. The number of methoxy groups -OCH3 is 1. The van der Waals surface area contributed by atoms with Gasteiger partial charge in [0.15, 0.2) is 0 Å². The summed E-state index contributed by atoms with van der Waals surface area (Å²) in [5, 5.41) is 2.77. The maximum Gasteiger partial charge on any atom is 0.237 e. The lowest BCUT2D eigenvalue weighted by Gasteiger charge is -2.26. The molecule has 0 aliphatic carbocycles. The molecule has 72 valence electrons. The molecule has 0 saturated carbocycles. The van der Waals surface area contributed by atoms with Crippen LogP contribution in [0.15, 0.2) is 0 Å². The zero-order valence-corrected chi connectivity index (χ0v) is 8.18. The molecule has 1 atom stereocenters. The Morgan fingerprint density at radius 1 is 1.67 bits per heavy atom. The second-order valence-electron chi connectivity index (χ2n) is 3.59. The fraction of sp³-hybridized carbons (Fsp3) is 0.875. The second kappa shape index (κ2) is 4.42. The molecule has 0 spiro atoms. The van der Waals surface area contributed by atoms with Gasteiger partial charge in [0.2, 0.25) is 5.91 Å². The van der Waals surface area contributed by atoms with Crippen LogP contribution < -0.4 is 11.1 Å². The molecule has 0 bridgehead atoms. The summed E-state index contributed by atoms with van der Waals surface area (Å²) in [5.74, 6) is -0.156. The lowest BCUT2D eigenvalue weighted by atomic mass is 10.1. The maximum absolute atomic E-state index is 11.1. The van der Waals surface area contributed by atoms with E-state index < -0.39 is 6.04 Å². The van der Waals surface area contributed by atoms with Crippen LogP contribution >= 0.6 is 0 Å². The fourth-order valence-electron chi connectivity index (χ4n) is 0.844. The standard InChI is InChI=1S/C8H18N2O2/c1-6(9)7(11)10-8(2,3)5-12-4/h6H,5,9H2,1-4H3,(H,10,11)/t6-/m1/s1. The van der Waals surface area contributed by atoms with E-state index in [0.717, 1.165) is 0 Å². The molecule has 0 unspecified atom stereocenters. The number of ether oxygens (including phenoxy) is 1. The Kier molecular flexibility index (Phi) is 4.20. The molecule has 0 aliphatic rings. The lowest BCUT2D eigenvalue weighted by molar-refractivity contribution is -0.124. The number of hydrogen-bond acceptors (Lipinski definition) is 3. The normalized spacial score (nSPS) is 14.1. The maximum atomic E-state index is 11.1. The zero-order valence-electron chi connectivity index (χ0n) is 8.18. The summed E-state index contributed by atoms with van der Waals surface area (Å²) in [6, 6.07) is -0.471. The van der Waals surface area contributed by atoms with Gasteiger partial charge in [-0.25, -0.2) is 0 Å². The molecule has 4 heteroatoms. The molecule has 3 N–H and O–H groups in total. The minimum absolute atomic E-state index is 0.156. The van der Waals surface area contributed by atoms with Crippen molar-refractivity contribution < 1.29 is 9.53 Å². The highest BCUT2D eigenvalue weighted by atomic mass is 16.5.